The maximum Gasteiger partial charge on any atom is 0.141 e. The number of hydrogen-bond acceptors (Lipinski definition) is 4. The summed E-state index contributed by atoms with van der Waals surface area (Å²) >= 11 is 3.50. The molecule has 0 bridgehead atoms. The van der Waals surface area contributed by atoms with Crippen molar-refractivity contribution < 1.29 is 14.2 Å². The van der Waals surface area contributed by atoms with Gasteiger partial charge in [0.05, 0.1) is 25.9 Å². The summed E-state index contributed by atoms with van der Waals surface area (Å²) in [6.45, 7) is 6.69. The Kier molecular flexibility index (Phi) is 6.30. The van der Waals surface area contributed by atoms with E-state index in [9.17, 15) is 0 Å². The molecular weight excluding hydrogens is 322 g/mol. The van der Waals surface area contributed by atoms with Gasteiger partial charge in [0.25, 0.3) is 0 Å². The van der Waals surface area contributed by atoms with E-state index in [1.54, 1.807) is 14.2 Å². The molecule has 2 unspecified atom stereocenters. The SMILES string of the molecule is CCOC(C)(CC)C(N)c1ccc(OC)c(Br)c1OC. The van der Waals surface area contributed by atoms with E-state index in [1.165, 1.54) is 0 Å². The van der Waals surface area contributed by atoms with E-state index >= 15 is 0 Å². The van der Waals surface area contributed by atoms with Crippen LogP contribution >= 0.6 is 15.9 Å². The summed E-state index contributed by atoms with van der Waals surface area (Å²) in [5.41, 5.74) is 6.91. The molecule has 2 N–H and O–H groups in total. The van der Waals surface area contributed by atoms with Crippen molar-refractivity contribution in [2.75, 3.05) is 20.8 Å². The van der Waals surface area contributed by atoms with E-state index in [2.05, 4.69) is 22.9 Å². The predicted molar refractivity (Wildman–Crippen MR) is 84.5 cm³/mol. The Balaban J connectivity index is 3.28. The normalized spacial score (nSPS) is 15.6. The molecule has 114 valence electrons. The molecule has 0 aromatic heterocycles. The van der Waals surface area contributed by atoms with E-state index in [0.29, 0.717) is 18.1 Å². The van der Waals surface area contributed by atoms with Crippen molar-refractivity contribution in [3.8, 4) is 11.5 Å². The first kappa shape index (κ1) is 17.3. The minimum Gasteiger partial charge on any atom is -0.495 e. The van der Waals surface area contributed by atoms with Crippen LogP contribution in [-0.4, -0.2) is 26.4 Å². The second-order valence-corrected chi connectivity index (χ2v) is 5.57. The molecule has 0 aliphatic heterocycles. The molecular formula is C15H24BrNO3. The summed E-state index contributed by atoms with van der Waals surface area (Å²) in [5.74, 6) is 1.41. The molecule has 0 amide bonds. The van der Waals surface area contributed by atoms with Crippen LogP contribution in [0.3, 0.4) is 0 Å². The van der Waals surface area contributed by atoms with Gasteiger partial charge in [0.15, 0.2) is 0 Å². The fourth-order valence-corrected chi connectivity index (χ4v) is 2.92. The van der Waals surface area contributed by atoms with Crippen LogP contribution in [0.15, 0.2) is 16.6 Å². The highest BCUT2D eigenvalue weighted by atomic mass is 79.9. The lowest BCUT2D eigenvalue weighted by Gasteiger charge is -2.35. The third-order valence-corrected chi connectivity index (χ3v) is 4.44. The van der Waals surface area contributed by atoms with Crippen LogP contribution in [0, 0.1) is 0 Å². The van der Waals surface area contributed by atoms with Crippen LogP contribution < -0.4 is 15.2 Å². The Morgan fingerprint density at radius 3 is 2.35 bits per heavy atom. The molecule has 0 saturated carbocycles. The molecule has 0 spiro atoms. The van der Waals surface area contributed by atoms with Gasteiger partial charge >= 0.3 is 0 Å². The third-order valence-electron chi connectivity index (χ3n) is 3.69. The lowest BCUT2D eigenvalue weighted by atomic mass is 9.87. The first-order valence-electron chi connectivity index (χ1n) is 6.75. The molecule has 1 aromatic carbocycles. The maximum atomic E-state index is 6.44. The predicted octanol–water partition coefficient (Wildman–Crippen LogP) is 3.67. The number of hydrogen-bond donors (Lipinski definition) is 1. The second kappa shape index (κ2) is 7.29. The summed E-state index contributed by atoms with van der Waals surface area (Å²) < 4.78 is 17.4. The van der Waals surface area contributed by atoms with Gasteiger partial charge in [-0.05, 0) is 48.3 Å². The van der Waals surface area contributed by atoms with Gasteiger partial charge in [-0.2, -0.15) is 0 Å². The smallest absolute Gasteiger partial charge is 0.141 e. The summed E-state index contributed by atoms with van der Waals surface area (Å²) in [6, 6.07) is 3.52. The van der Waals surface area contributed by atoms with Crippen LogP contribution in [0.1, 0.15) is 38.8 Å². The fraction of sp³-hybridized carbons (Fsp3) is 0.600. The monoisotopic (exact) mass is 345 g/mol. The highest BCUT2D eigenvalue weighted by molar-refractivity contribution is 9.10. The topological polar surface area (TPSA) is 53.7 Å². The molecule has 0 fully saturated rings. The molecule has 4 nitrogen and oxygen atoms in total. The lowest BCUT2D eigenvalue weighted by molar-refractivity contribution is -0.0476. The molecule has 1 aromatic rings. The Morgan fingerprint density at radius 1 is 1.25 bits per heavy atom. The first-order valence-corrected chi connectivity index (χ1v) is 7.54. The van der Waals surface area contributed by atoms with E-state index in [4.69, 9.17) is 19.9 Å². The van der Waals surface area contributed by atoms with E-state index in [1.807, 2.05) is 26.0 Å². The van der Waals surface area contributed by atoms with Gasteiger partial charge < -0.3 is 19.9 Å². The highest BCUT2D eigenvalue weighted by Gasteiger charge is 2.34. The summed E-state index contributed by atoms with van der Waals surface area (Å²) in [4.78, 5) is 0. The van der Waals surface area contributed by atoms with Crippen LogP contribution in [0.25, 0.3) is 0 Å². The van der Waals surface area contributed by atoms with Crippen molar-refractivity contribution in [2.45, 2.75) is 38.8 Å². The Bertz CT molecular complexity index is 453. The zero-order valence-electron chi connectivity index (χ0n) is 12.8. The standard InChI is InChI=1S/C15H24BrNO3/c1-6-15(3,20-7-2)14(17)10-8-9-11(18-4)12(16)13(10)19-5/h8-9,14H,6-7,17H2,1-5H3. The van der Waals surface area contributed by atoms with Crippen LogP contribution in [-0.2, 0) is 4.74 Å². The lowest BCUT2D eigenvalue weighted by Crippen LogP contribution is -2.40. The van der Waals surface area contributed by atoms with E-state index < -0.39 is 5.60 Å². The van der Waals surface area contributed by atoms with Gasteiger partial charge in [0.1, 0.15) is 16.0 Å². The molecule has 0 radical (unpaired) electrons. The van der Waals surface area contributed by atoms with E-state index in [0.717, 1.165) is 16.5 Å². The molecule has 0 aliphatic carbocycles. The average molecular weight is 346 g/mol. The van der Waals surface area contributed by atoms with Crippen molar-refractivity contribution in [1.29, 1.82) is 0 Å². The number of nitrogens with two attached hydrogens (primary N) is 1. The van der Waals surface area contributed by atoms with Crippen molar-refractivity contribution in [3.05, 3.63) is 22.2 Å². The number of ether oxygens (including phenoxy) is 3. The molecule has 20 heavy (non-hydrogen) atoms. The van der Waals surface area contributed by atoms with Crippen LogP contribution in [0.2, 0.25) is 0 Å². The van der Waals surface area contributed by atoms with Gasteiger partial charge in [-0.1, -0.05) is 6.92 Å². The van der Waals surface area contributed by atoms with Crippen LogP contribution in [0.4, 0.5) is 0 Å². The third kappa shape index (κ3) is 3.27. The van der Waals surface area contributed by atoms with Crippen molar-refractivity contribution >= 4 is 15.9 Å². The molecule has 1 rings (SSSR count). The largest absolute Gasteiger partial charge is 0.495 e. The zero-order valence-corrected chi connectivity index (χ0v) is 14.4. The van der Waals surface area contributed by atoms with E-state index in [-0.39, 0.29) is 6.04 Å². The fourth-order valence-electron chi connectivity index (χ4n) is 2.23. The highest BCUT2D eigenvalue weighted by Crippen LogP contribution is 2.42. The molecule has 0 saturated heterocycles. The van der Waals surface area contributed by atoms with Crippen molar-refractivity contribution in [2.24, 2.45) is 5.73 Å². The van der Waals surface area contributed by atoms with Crippen molar-refractivity contribution in [1.82, 2.24) is 0 Å². The van der Waals surface area contributed by atoms with Gasteiger partial charge in [-0.25, -0.2) is 0 Å². The van der Waals surface area contributed by atoms with Gasteiger partial charge in [0.2, 0.25) is 0 Å². The maximum absolute atomic E-state index is 6.44. The van der Waals surface area contributed by atoms with Crippen LogP contribution in [0.5, 0.6) is 11.5 Å². The Hall–Kier alpha value is -0.780. The Labute approximate surface area is 129 Å². The summed E-state index contributed by atoms with van der Waals surface area (Å²) in [6.07, 6.45) is 0.814. The van der Waals surface area contributed by atoms with Gasteiger partial charge in [-0.3, -0.25) is 0 Å². The van der Waals surface area contributed by atoms with Gasteiger partial charge in [-0.15, -0.1) is 0 Å². The number of rotatable bonds is 7. The number of benzene rings is 1. The average Bonchev–Trinajstić information content (AvgIpc) is 2.46. The molecule has 2 atom stereocenters. The second-order valence-electron chi connectivity index (χ2n) is 4.78. The summed E-state index contributed by atoms with van der Waals surface area (Å²) in [5, 5.41) is 0. The zero-order chi connectivity index (χ0) is 15.3. The summed E-state index contributed by atoms with van der Waals surface area (Å²) in [7, 11) is 3.25. The Morgan fingerprint density at radius 2 is 1.90 bits per heavy atom. The number of halogens is 1. The van der Waals surface area contributed by atoms with Gasteiger partial charge in [0, 0.05) is 12.2 Å². The first-order chi connectivity index (χ1) is 9.45. The minimum absolute atomic E-state index is 0.287. The van der Waals surface area contributed by atoms with Crippen molar-refractivity contribution in [3.63, 3.8) is 0 Å². The minimum atomic E-state index is -0.434. The molecule has 0 heterocycles. The molecule has 0 aliphatic rings. The quantitative estimate of drug-likeness (QED) is 0.818. The number of methoxy groups -OCH3 is 2. The molecule has 5 heteroatoms.